The van der Waals surface area contributed by atoms with Gasteiger partial charge in [-0.25, -0.2) is 0 Å². The van der Waals surface area contributed by atoms with E-state index in [1.807, 2.05) is 12.2 Å². The summed E-state index contributed by atoms with van der Waals surface area (Å²) in [6.45, 7) is 4.49. The molecule has 13 heavy (non-hydrogen) atoms. The normalized spacial score (nSPS) is 12.8. The highest BCUT2D eigenvalue weighted by Gasteiger charge is 1.90. The van der Waals surface area contributed by atoms with Gasteiger partial charge in [0.15, 0.2) is 0 Å². The van der Waals surface area contributed by atoms with Crippen LogP contribution in [-0.2, 0) is 0 Å². The SMILES string of the molecule is CC(C)CCCC=CC=CC=CO. The maximum Gasteiger partial charge on any atom is 0.0791 e. The number of aliphatic hydroxyl groups excluding tert-OH is 1. The van der Waals surface area contributed by atoms with Gasteiger partial charge in [-0.05, 0) is 24.8 Å². The summed E-state index contributed by atoms with van der Waals surface area (Å²) in [4.78, 5) is 0. The van der Waals surface area contributed by atoms with Gasteiger partial charge in [0.25, 0.3) is 0 Å². The van der Waals surface area contributed by atoms with E-state index in [1.54, 1.807) is 12.2 Å². The summed E-state index contributed by atoms with van der Waals surface area (Å²) in [5.41, 5.74) is 0. The lowest BCUT2D eigenvalue weighted by Gasteiger charge is -1.99. The number of allylic oxidation sites excluding steroid dienone is 5. The molecule has 0 unspecified atom stereocenters. The van der Waals surface area contributed by atoms with Gasteiger partial charge in [0.1, 0.15) is 0 Å². The largest absolute Gasteiger partial charge is 0.516 e. The second-order valence-corrected chi connectivity index (χ2v) is 3.48. The number of hydrogen-bond acceptors (Lipinski definition) is 1. The van der Waals surface area contributed by atoms with Gasteiger partial charge in [0.05, 0.1) is 6.26 Å². The molecule has 0 amide bonds. The molecule has 0 aliphatic heterocycles. The van der Waals surface area contributed by atoms with E-state index < -0.39 is 0 Å². The summed E-state index contributed by atoms with van der Waals surface area (Å²) in [5, 5.41) is 8.31. The standard InChI is InChI=1S/C12H20O/c1-12(2)10-8-6-4-3-5-7-9-11-13/h3-5,7,9,11-13H,6,8,10H2,1-2H3. The van der Waals surface area contributed by atoms with Crippen LogP contribution in [0.4, 0.5) is 0 Å². The second kappa shape index (κ2) is 9.11. The number of aliphatic hydroxyl groups is 1. The van der Waals surface area contributed by atoms with Gasteiger partial charge < -0.3 is 5.11 Å². The van der Waals surface area contributed by atoms with Gasteiger partial charge in [0.2, 0.25) is 0 Å². The Bertz CT molecular complexity index is 176. The van der Waals surface area contributed by atoms with Crippen molar-refractivity contribution in [2.24, 2.45) is 5.92 Å². The molecule has 74 valence electrons. The molecule has 0 atom stereocenters. The van der Waals surface area contributed by atoms with Gasteiger partial charge in [-0.2, -0.15) is 0 Å². The molecule has 0 radical (unpaired) electrons. The Labute approximate surface area is 81.5 Å². The molecule has 0 aromatic carbocycles. The van der Waals surface area contributed by atoms with E-state index in [0.717, 1.165) is 18.6 Å². The summed E-state index contributed by atoms with van der Waals surface area (Å²) in [6.07, 6.45) is 14.2. The minimum atomic E-state index is 0.807. The molecule has 0 aliphatic rings. The molecule has 1 nitrogen and oxygen atoms in total. The third-order valence-electron chi connectivity index (χ3n) is 1.71. The third-order valence-corrected chi connectivity index (χ3v) is 1.71. The van der Waals surface area contributed by atoms with E-state index in [9.17, 15) is 0 Å². The van der Waals surface area contributed by atoms with Crippen LogP contribution in [-0.4, -0.2) is 5.11 Å². The topological polar surface area (TPSA) is 20.2 Å². The minimum Gasteiger partial charge on any atom is -0.516 e. The van der Waals surface area contributed by atoms with Crippen LogP contribution in [0.3, 0.4) is 0 Å². The monoisotopic (exact) mass is 180 g/mol. The van der Waals surface area contributed by atoms with Crippen molar-refractivity contribution >= 4 is 0 Å². The van der Waals surface area contributed by atoms with E-state index in [4.69, 9.17) is 5.11 Å². The van der Waals surface area contributed by atoms with Crippen molar-refractivity contribution in [3.05, 3.63) is 36.6 Å². The molecule has 1 heteroatoms. The Kier molecular flexibility index (Phi) is 8.42. The van der Waals surface area contributed by atoms with Crippen LogP contribution in [0.5, 0.6) is 0 Å². The molecule has 0 aromatic rings. The highest BCUT2D eigenvalue weighted by molar-refractivity contribution is 5.09. The first-order chi connectivity index (χ1) is 6.27. The molecule has 0 bridgehead atoms. The Morgan fingerprint density at radius 3 is 2.38 bits per heavy atom. The van der Waals surface area contributed by atoms with Crippen LogP contribution in [0.25, 0.3) is 0 Å². The summed E-state index contributed by atoms with van der Waals surface area (Å²) in [5.74, 6) is 0.807. The highest BCUT2D eigenvalue weighted by atomic mass is 16.2. The van der Waals surface area contributed by atoms with Crippen molar-refractivity contribution in [2.75, 3.05) is 0 Å². The Morgan fingerprint density at radius 2 is 1.77 bits per heavy atom. The molecule has 0 aromatic heterocycles. The van der Waals surface area contributed by atoms with Crippen LogP contribution in [0.1, 0.15) is 33.1 Å². The Hall–Kier alpha value is -0.980. The van der Waals surface area contributed by atoms with Gasteiger partial charge in [-0.1, -0.05) is 44.6 Å². The highest BCUT2D eigenvalue weighted by Crippen LogP contribution is 2.06. The van der Waals surface area contributed by atoms with Crippen LogP contribution >= 0.6 is 0 Å². The van der Waals surface area contributed by atoms with Crippen LogP contribution in [0.2, 0.25) is 0 Å². The minimum absolute atomic E-state index is 0.807. The first kappa shape index (κ1) is 12.0. The van der Waals surface area contributed by atoms with Crippen molar-refractivity contribution in [1.29, 1.82) is 0 Å². The van der Waals surface area contributed by atoms with Gasteiger partial charge in [0, 0.05) is 0 Å². The Balaban J connectivity index is 3.31. The molecule has 0 spiro atoms. The molecule has 0 heterocycles. The van der Waals surface area contributed by atoms with E-state index in [0.29, 0.717) is 0 Å². The van der Waals surface area contributed by atoms with Crippen molar-refractivity contribution in [1.82, 2.24) is 0 Å². The second-order valence-electron chi connectivity index (χ2n) is 3.48. The van der Waals surface area contributed by atoms with Crippen molar-refractivity contribution in [3.8, 4) is 0 Å². The molecule has 0 saturated heterocycles. The Morgan fingerprint density at radius 1 is 1.08 bits per heavy atom. The first-order valence-electron chi connectivity index (χ1n) is 4.90. The fourth-order valence-electron chi connectivity index (χ4n) is 0.997. The first-order valence-corrected chi connectivity index (χ1v) is 4.90. The zero-order valence-electron chi connectivity index (χ0n) is 8.61. The molecule has 1 N–H and O–H groups in total. The zero-order chi connectivity index (χ0) is 9.94. The molecule has 0 aliphatic carbocycles. The van der Waals surface area contributed by atoms with Gasteiger partial charge in [-0.15, -0.1) is 0 Å². The fraction of sp³-hybridized carbons (Fsp3) is 0.500. The molecule has 0 rings (SSSR count). The fourth-order valence-corrected chi connectivity index (χ4v) is 0.997. The molecule has 0 saturated carbocycles. The van der Waals surface area contributed by atoms with Crippen LogP contribution in [0, 0.1) is 5.92 Å². The van der Waals surface area contributed by atoms with Crippen molar-refractivity contribution in [3.63, 3.8) is 0 Å². The van der Waals surface area contributed by atoms with Crippen molar-refractivity contribution in [2.45, 2.75) is 33.1 Å². The predicted molar refractivity (Wildman–Crippen MR) is 58.7 cm³/mol. The lowest BCUT2D eigenvalue weighted by atomic mass is 10.1. The summed E-state index contributed by atoms with van der Waals surface area (Å²) in [7, 11) is 0. The number of hydrogen-bond donors (Lipinski definition) is 1. The average molecular weight is 180 g/mol. The van der Waals surface area contributed by atoms with E-state index in [-0.39, 0.29) is 0 Å². The molecular weight excluding hydrogens is 160 g/mol. The van der Waals surface area contributed by atoms with E-state index in [2.05, 4.69) is 19.9 Å². The van der Waals surface area contributed by atoms with Crippen LogP contribution in [0.15, 0.2) is 36.6 Å². The average Bonchev–Trinajstić information content (AvgIpc) is 2.09. The van der Waals surface area contributed by atoms with Gasteiger partial charge >= 0.3 is 0 Å². The third kappa shape index (κ3) is 11.0. The number of rotatable bonds is 6. The van der Waals surface area contributed by atoms with Crippen molar-refractivity contribution < 1.29 is 5.11 Å². The molecule has 0 fully saturated rings. The summed E-state index contributed by atoms with van der Waals surface area (Å²) >= 11 is 0. The van der Waals surface area contributed by atoms with E-state index in [1.165, 1.54) is 12.8 Å². The zero-order valence-corrected chi connectivity index (χ0v) is 8.61. The molecular formula is C12H20O. The smallest absolute Gasteiger partial charge is 0.0791 e. The maximum atomic E-state index is 8.31. The lowest BCUT2D eigenvalue weighted by Crippen LogP contribution is -1.84. The summed E-state index contributed by atoms with van der Waals surface area (Å²) < 4.78 is 0. The van der Waals surface area contributed by atoms with E-state index >= 15 is 0 Å². The number of unbranched alkanes of at least 4 members (excludes halogenated alkanes) is 1. The maximum absolute atomic E-state index is 8.31. The summed E-state index contributed by atoms with van der Waals surface area (Å²) in [6, 6.07) is 0. The predicted octanol–water partition coefficient (Wildman–Crippen LogP) is 4.00. The van der Waals surface area contributed by atoms with Crippen LogP contribution < -0.4 is 0 Å². The lowest BCUT2D eigenvalue weighted by molar-refractivity contribution is 0.474. The quantitative estimate of drug-likeness (QED) is 0.372. The van der Waals surface area contributed by atoms with Gasteiger partial charge in [-0.3, -0.25) is 0 Å².